The number of rotatable bonds is 2. The van der Waals surface area contributed by atoms with Gasteiger partial charge in [0, 0.05) is 12.4 Å². The Morgan fingerprint density at radius 2 is 2.12 bits per heavy atom. The molecule has 2 aromatic rings. The van der Waals surface area contributed by atoms with Crippen LogP contribution in [0.1, 0.15) is 18.2 Å². The van der Waals surface area contributed by atoms with Crippen LogP contribution < -0.4 is 5.73 Å². The number of imidazole rings is 1. The fraction of sp³-hybridized carbons (Fsp3) is 0.300. The van der Waals surface area contributed by atoms with Crippen LogP contribution in [0.4, 0.5) is 13.2 Å². The number of pyridine rings is 1. The Morgan fingerprint density at radius 3 is 2.75 bits per heavy atom. The van der Waals surface area contributed by atoms with Gasteiger partial charge in [0.2, 0.25) is 0 Å². The standard InChI is InChI=1S/C10H10F3N3/c11-10(12,13)5-7(14)8-6-16-4-2-1-3-9(16)15-8/h1-4,6-7H,5,14H2. The first-order valence-electron chi connectivity index (χ1n) is 4.72. The normalized spacial score (nSPS) is 14.2. The SMILES string of the molecule is NC(CC(F)(F)F)c1cn2ccccc2n1. The first-order valence-corrected chi connectivity index (χ1v) is 4.72. The minimum absolute atomic E-state index is 0.253. The second-order valence-corrected chi connectivity index (χ2v) is 3.56. The molecular formula is C10H10F3N3. The molecule has 0 bridgehead atoms. The number of hydrogen-bond donors (Lipinski definition) is 1. The summed E-state index contributed by atoms with van der Waals surface area (Å²) in [7, 11) is 0. The summed E-state index contributed by atoms with van der Waals surface area (Å²) in [6.07, 6.45) is -2.09. The lowest BCUT2D eigenvalue weighted by molar-refractivity contribution is -0.138. The lowest BCUT2D eigenvalue weighted by Crippen LogP contribution is -2.20. The van der Waals surface area contributed by atoms with Crippen molar-refractivity contribution in [2.75, 3.05) is 0 Å². The van der Waals surface area contributed by atoms with Gasteiger partial charge in [-0.25, -0.2) is 4.98 Å². The van der Waals surface area contributed by atoms with Gasteiger partial charge in [0.25, 0.3) is 0 Å². The summed E-state index contributed by atoms with van der Waals surface area (Å²) < 4.78 is 38.0. The van der Waals surface area contributed by atoms with Crippen molar-refractivity contribution in [3.05, 3.63) is 36.3 Å². The molecule has 0 aromatic carbocycles. The lowest BCUT2D eigenvalue weighted by Gasteiger charge is -2.11. The molecule has 0 radical (unpaired) electrons. The molecule has 0 aliphatic heterocycles. The number of nitrogens with two attached hydrogens (primary N) is 1. The maximum atomic E-state index is 12.1. The zero-order chi connectivity index (χ0) is 11.8. The maximum absolute atomic E-state index is 12.1. The fourth-order valence-electron chi connectivity index (χ4n) is 1.49. The molecule has 2 N–H and O–H groups in total. The second-order valence-electron chi connectivity index (χ2n) is 3.56. The molecule has 0 aliphatic carbocycles. The topological polar surface area (TPSA) is 43.3 Å². The number of alkyl halides is 3. The summed E-state index contributed by atoms with van der Waals surface area (Å²) in [5, 5.41) is 0. The predicted octanol–water partition coefficient (Wildman–Crippen LogP) is 2.29. The molecule has 2 aromatic heterocycles. The van der Waals surface area contributed by atoms with Crippen LogP contribution in [0.15, 0.2) is 30.6 Å². The second kappa shape index (κ2) is 3.79. The molecule has 0 fully saturated rings. The molecule has 6 heteroatoms. The number of halogens is 3. The Hall–Kier alpha value is -1.56. The lowest BCUT2D eigenvalue weighted by atomic mass is 10.1. The van der Waals surface area contributed by atoms with Crippen molar-refractivity contribution in [1.29, 1.82) is 0 Å². The molecule has 0 saturated heterocycles. The molecule has 0 aliphatic rings. The Labute approximate surface area is 89.7 Å². The third kappa shape index (κ3) is 2.33. The molecular weight excluding hydrogens is 219 g/mol. The van der Waals surface area contributed by atoms with Gasteiger partial charge in [-0.3, -0.25) is 0 Å². The summed E-state index contributed by atoms with van der Waals surface area (Å²) in [6.45, 7) is 0. The van der Waals surface area contributed by atoms with Crippen molar-refractivity contribution in [3.8, 4) is 0 Å². The average molecular weight is 229 g/mol. The fourth-order valence-corrected chi connectivity index (χ4v) is 1.49. The van der Waals surface area contributed by atoms with Gasteiger partial charge in [0.05, 0.1) is 18.2 Å². The van der Waals surface area contributed by atoms with Crippen molar-refractivity contribution in [3.63, 3.8) is 0 Å². The van der Waals surface area contributed by atoms with E-state index in [2.05, 4.69) is 4.98 Å². The van der Waals surface area contributed by atoms with E-state index in [-0.39, 0.29) is 5.69 Å². The zero-order valence-corrected chi connectivity index (χ0v) is 8.28. The van der Waals surface area contributed by atoms with Gasteiger partial charge < -0.3 is 10.1 Å². The zero-order valence-electron chi connectivity index (χ0n) is 8.28. The van der Waals surface area contributed by atoms with E-state index in [4.69, 9.17) is 5.73 Å². The summed E-state index contributed by atoms with van der Waals surface area (Å²) in [4.78, 5) is 4.03. The predicted molar refractivity (Wildman–Crippen MR) is 52.8 cm³/mol. The molecule has 0 amide bonds. The van der Waals surface area contributed by atoms with Crippen LogP contribution in [0.2, 0.25) is 0 Å². The van der Waals surface area contributed by atoms with Crippen LogP contribution in [0.3, 0.4) is 0 Å². The third-order valence-electron chi connectivity index (χ3n) is 2.21. The summed E-state index contributed by atoms with van der Waals surface area (Å²) in [5.74, 6) is 0. The van der Waals surface area contributed by atoms with Gasteiger partial charge in [-0.15, -0.1) is 0 Å². The Bertz CT molecular complexity index is 456. The highest BCUT2D eigenvalue weighted by Crippen LogP contribution is 2.27. The van der Waals surface area contributed by atoms with E-state index in [0.29, 0.717) is 5.65 Å². The Balaban J connectivity index is 2.26. The van der Waals surface area contributed by atoms with Crippen LogP contribution in [0.25, 0.3) is 5.65 Å². The van der Waals surface area contributed by atoms with E-state index in [9.17, 15) is 13.2 Å². The summed E-state index contributed by atoms with van der Waals surface area (Å²) in [5.41, 5.74) is 6.30. The molecule has 2 rings (SSSR count). The molecule has 0 spiro atoms. The third-order valence-corrected chi connectivity index (χ3v) is 2.21. The van der Waals surface area contributed by atoms with E-state index in [1.54, 1.807) is 28.8 Å². The van der Waals surface area contributed by atoms with E-state index in [1.807, 2.05) is 0 Å². The minimum Gasteiger partial charge on any atom is -0.322 e. The largest absolute Gasteiger partial charge is 0.390 e. The highest BCUT2D eigenvalue weighted by atomic mass is 19.4. The number of nitrogens with zero attached hydrogens (tertiary/aromatic N) is 2. The smallest absolute Gasteiger partial charge is 0.322 e. The maximum Gasteiger partial charge on any atom is 0.390 e. The van der Waals surface area contributed by atoms with Crippen molar-refractivity contribution >= 4 is 5.65 Å². The van der Waals surface area contributed by atoms with Crippen molar-refractivity contribution in [2.45, 2.75) is 18.6 Å². The summed E-state index contributed by atoms with van der Waals surface area (Å²) in [6, 6.07) is 4.14. The van der Waals surface area contributed by atoms with Gasteiger partial charge >= 0.3 is 6.18 Å². The number of aromatic nitrogens is 2. The number of fused-ring (bicyclic) bond motifs is 1. The average Bonchev–Trinajstić information content (AvgIpc) is 2.58. The molecule has 3 nitrogen and oxygen atoms in total. The highest BCUT2D eigenvalue weighted by molar-refractivity contribution is 5.39. The van der Waals surface area contributed by atoms with Crippen molar-refractivity contribution in [1.82, 2.24) is 9.38 Å². The van der Waals surface area contributed by atoms with Crippen LogP contribution in [-0.2, 0) is 0 Å². The molecule has 1 atom stereocenters. The Kier molecular flexibility index (Phi) is 2.59. The monoisotopic (exact) mass is 229 g/mol. The van der Waals surface area contributed by atoms with Crippen molar-refractivity contribution < 1.29 is 13.2 Å². The highest BCUT2D eigenvalue weighted by Gasteiger charge is 2.31. The van der Waals surface area contributed by atoms with Gasteiger partial charge in [0.1, 0.15) is 5.65 Å². The molecule has 86 valence electrons. The van der Waals surface area contributed by atoms with Crippen LogP contribution in [0.5, 0.6) is 0 Å². The van der Waals surface area contributed by atoms with E-state index < -0.39 is 18.6 Å². The quantitative estimate of drug-likeness (QED) is 0.858. The van der Waals surface area contributed by atoms with E-state index in [0.717, 1.165) is 0 Å². The van der Waals surface area contributed by atoms with Gasteiger partial charge in [-0.05, 0) is 12.1 Å². The summed E-state index contributed by atoms with van der Waals surface area (Å²) >= 11 is 0. The van der Waals surface area contributed by atoms with E-state index in [1.165, 1.54) is 6.20 Å². The van der Waals surface area contributed by atoms with Crippen LogP contribution in [0, 0.1) is 0 Å². The number of hydrogen-bond acceptors (Lipinski definition) is 2. The van der Waals surface area contributed by atoms with Crippen LogP contribution in [-0.4, -0.2) is 15.6 Å². The van der Waals surface area contributed by atoms with Crippen molar-refractivity contribution in [2.24, 2.45) is 5.73 Å². The minimum atomic E-state index is -4.27. The van der Waals surface area contributed by atoms with E-state index >= 15 is 0 Å². The first-order chi connectivity index (χ1) is 7.46. The van der Waals surface area contributed by atoms with Gasteiger partial charge in [0.15, 0.2) is 0 Å². The molecule has 2 heterocycles. The Morgan fingerprint density at radius 1 is 1.38 bits per heavy atom. The van der Waals surface area contributed by atoms with Gasteiger partial charge in [-0.1, -0.05) is 6.07 Å². The van der Waals surface area contributed by atoms with Gasteiger partial charge in [-0.2, -0.15) is 13.2 Å². The molecule has 1 unspecified atom stereocenters. The van der Waals surface area contributed by atoms with Crippen LogP contribution >= 0.6 is 0 Å². The molecule has 0 saturated carbocycles. The first kappa shape index (κ1) is 10.9. The molecule has 16 heavy (non-hydrogen) atoms.